The van der Waals surface area contributed by atoms with Crippen molar-refractivity contribution in [1.82, 2.24) is 25.0 Å². The lowest BCUT2D eigenvalue weighted by molar-refractivity contribution is 0.0946. The molecule has 0 unspecified atom stereocenters. The number of ether oxygens (including phenoxy) is 3. The van der Waals surface area contributed by atoms with Gasteiger partial charge in [0.25, 0.3) is 5.91 Å². The predicted molar refractivity (Wildman–Crippen MR) is 128 cm³/mol. The number of carbonyl (C=O) groups excluding carboxylic acids is 1. The summed E-state index contributed by atoms with van der Waals surface area (Å²) in [5, 5.41) is 12.4. The lowest BCUT2D eigenvalue weighted by atomic mass is 10.1. The van der Waals surface area contributed by atoms with Gasteiger partial charge in [-0.3, -0.25) is 9.36 Å². The Labute approximate surface area is 198 Å². The van der Waals surface area contributed by atoms with E-state index in [1.54, 1.807) is 44.2 Å². The van der Waals surface area contributed by atoms with Gasteiger partial charge in [-0.15, -0.1) is 10.2 Å². The van der Waals surface area contributed by atoms with Gasteiger partial charge in [0.15, 0.2) is 11.0 Å². The second kappa shape index (κ2) is 11.6. The Hall–Kier alpha value is -3.24. The van der Waals surface area contributed by atoms with E-state index >= 15 is 0 Å². The molecule has 0 spiro atoms. The maximum absolute atomic E-state index is 12.9. The number of amides is 1. The van der Waals surface area contributed by atoms with Crippen molar-refractivity contribution in [1.29, 1.82) is 0 Å². The summed E-state index contributed by atoms with van der Waals surface area (Å²) in [6, 6.07) is 12.7. The van der Waals surface area contributed by atoms with Crippen LogP contribution in [0.25, 0.3) is 5.69 Å². The van der Waals surface area contributed by atoms with Crippen molar-refractivity contribution in [2.45, 2.75) is 11.7 Å². The minimum absolute atomic E-state index is 0.187. The quantitative estimate of drug-likeness (QED) is 0.427. The summed E-state index contributed by atoms with van der Waals surface area (Å²) >= 11 is 1.61. The van der Waals surface area contributed by atoms with Crippen LogP contribution in [0.5, 0.6) is 17.2 Å². The summed E-state index contributed by atoms with van der Waals surface area (Å²) in [5.41, 5.74) is 1.27. The molecule has 33 heavy (non-hydrogen) atoms. The summed E-state index contributed by atoms with van der Waals surface area (Å²) < 4.78 is 17.9. The Morgan fingerprint density at radius 3 is 2.48 bits per heavy atom. The monoisotopic (exact) mass is 471 g/mol. The average molecular weight is 472 g/mol. The molecule has 0 aliphatic rings. The van der Waals surface area contributed by atoms with E-state index in [-0.39, 0.29) is 12.5 Å². The van der Waals surface area contributed by atoms with E-state index in [1.807, 2.05) is 42.9 Å². The first-order chi connectivity index (χ1) is 16.0. The van der Waals surface area contributed by atoms with E-state index in [0.29, 0.717) is 22.9 Å². The SMILES string of the molecule is COc1cccc(-n2c(CNC(=O)c3ccc(OC)cc3OC)nnc2SCCN(C)C)c1. The van der Waals surface area contributed by atoms with Gasteiger partial charge in [0.2, 0.25) is 0 Å². The van der Waals surface area contributed by atoms with Crippen LogP contribution in [0.15, 0.2) is 47.6 Å². The van der Waals surface area contributed by atoms with Crippen molar-refractivity contribution >= 4 is 17.7 Å². The molecule has 1 aromatic heterocycles. The van der Waals surface area contributed by atoms with Crippen LogP contribution in [0.2, 0.25) is 0 Å². The molecule has 2 aromatic carbocycles. The molecule has 0 saturated heterocycles. The number of nitrogens with one attached hydrogen (secondary N) is 1. The molecule has 176 valence electrons. The third kappa shape index (κ3) is 6.17. The fourth-order valence-electron chi connectivity index (χ4n) is 3.08. The van der Waals surface area contributed by atoms with Crippen molar-refractivity contribution < 1.29 is 19.0 Å². The Balaban J connectivity index is 1.85. The number of methoxy groups -OCH3 is 3. The number of hydrogen-bond donors (Lipinski definition) is 1. The molecule has 3 aromatic rings. The van der Waals surface area contributed by atoms with E-state index in [9.17, 15) is 4.79 Å². The van der Waals surface area contributed by atoms with Crippen LogP contribution in [0.1, 0.15) is 16.2 Å². The van der Waals surface area contributed by atoms with Gasteiger partial charge in [0, 0.05) is 24.4 Å². The zero-order chi connectivity index (χ0) is 23.8. The zero-order valence-corrected chi connectivity index (χ0v) is 20.3. The standard InChI is InChI=1S/C23H29N5O4S/c1-27(2)11-12-33-23-26-25-21(28(23)16-7-6-8-17(13-16)30-3)15-24-22(29)19-10-9-18(31-4)14-20(19)32-5/h6-10,13-14H,11-12,15H2,1-5H3,(H,24,29). The molecule has 1 N–H and O–H groups in total. The molecule has 3 rings (SSSR count). The Morgan fingerprint density at radius 1 is 1.03 bits per heavy atom. The fraction of sp³-hybridized carbons (Fsp3) is 0.348. The third-order valence-electron chi connectivity index (χ3n) is 4.84. The lowest BCUT2D eigenvalue weighted by Gasteiger charge is -2.14. The van der Waals surface area contributed by atoms with Crippen molar-refractivity contribution in [3.8, 4) is 22.9 Å². The van der Waals surface area contributed by atoms with Crippen LogP contribution < -0.4 is 19.5 Å². The van der Waals surface area contributed by atoms with Crippen LogP contribution in [0.3, 0.4) is 0 Å². The summed E-state index contributed by atoms with van der Waals surface area (Å²) in [7, 11) is 8.77. The van der Waals surface area contributed by atoms with Crippen LogP contribution in [0.4, 0.5) is 0 Å². The lowest BCUT2D eigenvalue weighted by Crippen LogP contribution is -2.25. The van der Waals surface area contributed by atoms with Gasteiger partial charge in [0.05, 0.1) is 39.1 Å². The predicted octanol–water partition coefficient (Wildman–Crippen LogP) is 2.88. The summed E-state index contributed by atoms with van der Waals surface area (Å²) in [6.07, 6.45) is 0. The first-order valence-electron chi connectivity index (χ1n) is 10.3. The van der Waals surface area contributed by atoms with Crippen molar-refractivity contribution in [2.24, 2.45) is 0 Å². The largest absolute Gasteiger partial charge is 0.497 e. The second-order valence-corrected chi connectivity index (χ2v) is 8.40. The highest BCUT2D eigenvalue weighted by molar-refractivity contribution is 7.99. The van der Waals surface area contributed by atoms with E-state index in [1.165, 1.54) is 7.11 Å². The minimum atomic E-state index is -0.281. The Morgan fingerprint density at radius 2 is 1.79 bits per heavy atom. The zero-order valence-electron chi connectivity index (χ0n) is 19.5. The second-order valence-electron chi connectivity index (χ2n) is 7.34. The summed E-state index contributed by atoms with van der Waals surface area (Å²) in [5.74, 6) is 2.95. The number of aromatic nitrogens is 3. The van der Waals surface area contributed by atoms with Crippen molar-refractivity contribution in [3.63, 3.8) is 0 Å². The van der Waals surface area contributed by atoms with Crippen LogP contribution in [-0.2, 0) is 6.54 Å². The molecule has 1 heterocycles. The van der Waals surface area contributed by atoms with Crippen molar-refractivity contribution in [3.05, 3.63) is 53.9 Å². The molecular weight excluding hydrogens is 442 g/mol. The molecule has 10 heteroatoms. The van der Waals surface area contributed by atoms with Gasteiger partial charge in [-0.05, 0) is 38.4 Å². The highest BCUT2D eigenvalue weighted by Crippen LogP contribution is 2.26. The molecule has 0 aliphatic heterocycles. The molecular formula is C23H29N5O4S. The highest BCUT2D eigenvalue weighted by atomic mass is 32.2. The fourth-order valence-corrected chi connectivity index (χ4v) is 4.15. The molecule has 0 saturated carbocycles. The van der Waals surface area contributed by atoms with Gasteiger partial charge in [0.1, 0.15) is 17.2 Å². The van der Waals surface area contributed by atoms with Crippen LogP contribution in [-0.4, -0.2) is 73.3 Å². The Bertz CT molecular complexity index is 1090. The molecule has 1 amide bonds. The van der Waals surface area contributed by atoms with Gasteiger partial charge < -0.3 is 24.4 Å². The maximum Gasteiger partial charge on any atom is 0.255 e. The van der Waals surface area contributed by atoms with Gasteiger partial charge >= 0.3 is 0 Å². The maximum atomic E-state index is 12.9. The number of carbonyl (C=O) groups is 1. The van der Waals surface area contributed by atoms with E-state index in [0.717, 1.165) is 28.9 Å². The number of hydrogen-bond acceptors (Lipinski definition) is 8. The van der Waals surface area contributed by atoms with Gasteiger partial charge in [-0.1, -0.05) is 17.8 Å². The third-order valence-corrected chi connectivity index (χ3v) is 5.75. The molecule has 0 atom stereocenters. The molecule has 9 nitrogen and oxygen atoms in total. The van der Waals surface area contributed by atoms with Crippen LogP contribution >= 0.6 is 11.8 Å². The Kier molecular flexibility index (Phi) is 8.56. The smallest absolute Gasteiger partial charge is 0.255 e. The van der Waals surface area contributed by atoms with Gasteiger partial charge in [-0.25, -0.2) is 0 Å². The average Bonchev–Trinajstić information content (AvgIpc) is 3.24. The highest BCUT2D eigenvalue weighted by Gasteiger charge is 2.18. The van der Waals surface area contributed by atoms with E-state index < -0.39 is 0 Å². The topological polar surface area (TPSA) is 90.7 Å². The number of nitrogens with zero attached hydrogens (tertiary/aromatic N) is 4. The molecule has 0 bridgehead atoms. The van der Waals surface area contributed by atoms with Crippen LogP contribution in [0, 0.1) is 0 Å². The molecule has 0 radical (unpaired) electrons. The van der Waals surface area contributed by atoms with Gasteiger partial charge in [-0.2, -0.15) is 0 Å². The first-order valence-corrected chi connectivity index (χ1v) is 11.3. The number of thioether (sulfide) groups is 1. The summed E-state index contributed by atoms with van der Waals surface area (Å²) in [4.78, 5) is 15.0. The molecule has 0 aliphatic carbocycles. The van der Waals surface area contributed by atoms with E-state index in [4.69, 9.17) is 14.2 Å². The van der Waals surface area contributed by atoms with Crippen molar-refractivity contribution in [2.75, 3.05) is 47.7 Å². The first kappa shape index (κ1) is 24.4. The number of rotatable bonds is 11. The van der Waals surface area contributed by atoms with E-state index in [2.05, 4.69) is 20.4 Å². The number of benzene rings is 2. The molecule has 0 fully saturated rings. The minimum Gasteiger partial charge on any atom is -0.497 e. The normalized spacial score (nSPS) is 10.8. The summed E-state index contributed by atoms with van der Waals surface area (Å²) in [6.45, 7) is 1.09.